The fourth-order valence-corrected chi connectivity index (χ4v) is 2.66. The molecule has 5 heteroatoms. The summed E-state index contributed by atoms with van der Waals surface area (Å²) in [5, 5.41) is 8.45. The zero-order valence-corrected chi connectivity index (χ0v) is 12.9. The zero-order valence-electron chi connectivity index (χ0n) is 12.9. The van der Waals surface area contributed by atoms with Gasteiger partial charge in [0.15, 0.2) is 5.82 Å². The van der Waals surface area contributed by atoms with E-state index in [4.69, 9.17) is 9.47 Å². The van der Waals surface area contributed by atoms with E-state index in [2.05, 4.69) is 15.1 Å². The summed E-state index contributed by atoms with van der Waals surface area (Å²) in [4.78, 5) is 2.28. The Morgan fingerprint density at radius 1 is 1.00 bits per heavy atom. The molecule has 0 N–H and O–H groups in total. The Morgan fingerprint density at radius 2 is 1.82 bits per heavy atom. The highest BCUT2D eigenvalue weighted by Gasteiger charge is 2.12. The third kappa shape index (κ3) is 3.47. The molecule has 0 radical (unpaired) electrons. The Kier molecular flexibility index (Phi) is 4.73. The highest BCUT2D eigenvalue weighted by molar-refractivity contribution is 5.38. The van der Waals surface area contributed by atoms with Crippen LogP contribution in [0.5, 0.6) is 11.6 Å². The number of hydrogen-bond donors (Lipinski definition) is 0. The third-order valence-electron chi connectivity index (χ3n) is 3.87. The summed E-state index contributed by atoms with van der Waals surface area (Å²) in [6.45, 7) is 2.55. The quantitative estimate of drug-likeness (QED) is 0.849. The van der Waals surface area contributed by atoms with Gasteiger partial charge in [0.2, 0.25) is 5.88 Å². The van der Waals surface area contributed by atoms with E-state index in [9.17, 15) is 0 Å². The maximum absolute atomic E-state index is 5.70. The highest BCUT2D eigenvalue weighted by Crippen LogP contribution is 2.21. The third-order valence-corrected chi connectivity index (χ3v) is 3.87. The SMILES string of the molecule is COc1ccccc1COc1ccc(N2CCCCC2)nn1. The second-order valence-corrected chi connectivity index (χ2v) is 5.38. The van der Waals surface area contributed by atoms with Gasteiger partial charge in [0.25, 0.3) is 0 Å². The summed E-state index contributed by atoms with van der Waals surface area (Å²) in [5.41, 5.74) is 0.993. The minimum Gasteiger partial charge on any atom is -0.496 e. The zero-order chi connectivity index (χ0) is 15.2. The van der Waals surface area contributed by atoms with Crippen LogP contribution in [0.1, 0.15) is 24.8 Å². The van der Waals surface area contributed by atoms with Crippen LogP contribution in [-0.4, -0.2) is 30.4 Å². The van der Waals surface area contributed by atoms with Gasteiger partial charge in [-0.1, -0.05) is 18.2 Å². The first-order chi connectivity index (χ1) is 10.9. The fourth-order valence-electron chi connectivity index (χ4n) is 2.66. The van der Waals surface area contributed by atoms with Gasteiger partial charge in [0.05, 0.1) is 7.11 Å². The lowest BCUT2D eigenvalue weighted by Gasteiger charge is -2.27. The first-order valence-corrected chi connectivity index (χ1v) is 7.70. The van der Waals surface area contributed by atoms with Crippen molar-refractivity contribution < 1.29 is 9.47 Å². The van der Waals surface area contributed by atoms with Gasteiger partial charge in [0.1, 0.15) is 12.4 Å². The molecule has 1 aromatic heterocycles. The van der Waals surface area contributed by atoms with E-state index < -0.39 is 0 Å². The van der Waals surface area contributed by atoms with E-state index in [0.717, 1.165) is 30.2 Å². The van der Waals surface area contributed by atoms with E-state index in [1.54, 1.807) is 7.11 Å². The average Bonchev–Trinajstić information content (AvgIpc) is 2.61. The summed E-state index contributed by atoms with van der Waals surface area (Å²) in [6, 6.07) is 11.7. The molecule has 0 aliphatic carbocycles. The predicted octanol–water partition coefficient (Wildman–Crippen LogP) is 3.05. The molecule has 1 fully saturated rings. The predicted molar refractivity (Wildman–Crippen MR) is 85.4 cm³/mol. The van der Waals surface area contributed by atoms with Gasteiger partial charge < -0.3 is 14.4 Å². The molecule has 22 heavy (non-hydrogen) atoms. The van der Waals surface area contributed by atoms with Crippen LogP contribution in [0.2, 0.25) is 0 Å². The van der Waals surface area contributed by atoms with Crippen LogP contribution in [0.25, 0.3) is 0 Å². The Bertz CT molecular complexity index is 595. The van der Waals surface area contributed by atoms with E-state index in [1.165, 1.54) is 19.3 Å². The van der Waals surface area contributed by atoms with Gasteiger partial charge in [-0.3, -0.25) is 0 Å². The molecule has 0 saturated carbocycles. The van der Waals surface area contributed by atoms with Crippen molar-refractivity contribution in [2.24, 2.45) is 0 Å². The van der Waals surface area contributed by atoms with Crippen molar-refractivity contribution in [1.29, 1.82) is 0 Å². The van der Waals surface area contributed by atoms with Crippen LogP contribution < -0.4 is 14.4 Å². The van der Waals surface area contributed by atoms with E-state index in [-0.39, 0.29) is 0 Å². The number of methoxy groups -OCH3 is 1. The molecule has 0 amide bonds. The van der Waals surface area contributed by atoms with Crippen molar-refractivity contribution in [3.05, 3.63) is 42.0 Å². The van der Waals surface area contributed by atoms with E-state index >= 15 is 0 Å². The van der Waals surface area contributed by atoms with Crippen LogP contribution >= 0.6 is 0 Å². The number of piperidine rings is 1. The molecule has 1 aliphatic rings. The molecule has 0 atom stereocenters. The second-order valence-electron chi connectivity index (χ2n) is 5.38. The second kappa shape index (κ2) is 7.11. The lowest BCUT2D eigenvalue weighted by molar-refractivity contribution is 0.282. The Hall–Kier alpha value is -2.30. The van der Waals surface area contributed by atoms with E-state index in [0.29, 0.717) is 12.5 Å². The summed E-state index contributed by atoms with van der Waals surface area (Å²) >= 11 is 0. The van der Waals surface area contributed by atoms with Gasteiger partial charge in [-0.05, 0) is 31.4 Å². The topological polar surface area (TPSA) is 47.5 Å². The smallest absolute Gasteiger partial charge is 0.233 e. The summed E-state index contributed by atoms with van der Waals surface area (Å²) in [6.07, 6.45) is 3.77. The molecule has 5 nitrogen and oxygen atoms in total. The molecule has 0 unspecified atom stereocenters. The first kappa shape index (κ1) is 14.6. The molecule has 3 rings (SSSR count). The molecule has 2 aromatic rings. The molecular formula is C17H21N3O2. The van der Waals surface area contributed by atoms with Gasteiger partial charge in [-0.15, -0.1) is 10.2 Å². The van der Waals surface area contributed by atoms with Crippen molar-refractivity contribution in [3.63, 3.8) is 0 Å². The largest absolute Gasteiger partial charge is 0.496 e. The average molecular weight is 299 g/mol. The maximum atomic E-state index is 5.70. The molecular weight excluding hydrogens is 278 g/mol. The number of anilines is 1. The molecule has 1 saturated heterocycles. The van der Waals surface area contributed by atoms with Gasteiger partial charge in [-0.25, -0.2) is 0 Å². The number of benzene rings is 1. The minimum atomic E-state index is 0.418. The number of hydrogen-bond acceptors (Lipinski definition) is 5. The fraction of sp³-hybridized carbons (Fsp3) is 0.412. The monoisotopic (exact) mass is 299 g/mol. The van der Waals surface area contributed by atoms with Crippen molar-refractivity contribution in [3.8, 4) is 11.6 Å². The number of ether oxygens (including phenoxy) is 2. The summed E-state index contributed by atoms with van der Waals surface area (Å²) in [5.74, 6) is 2.29. The van der Waals surface area contributed by atoms with Crippen molar-refractivity contribution >= 4 is 5.82 Å². The highest BCUT2D eigenvalue weighted by atomic mass is 16.5. The number of aromatic nitrogens is 2. The molecule has 2 heterocycles. The van der Waals surface area contributed by atoms with Crippen molar-refractivity contribution in [2.75, 3.05) is 25.1 Å². The maximum Gasteiger partial charge on any atom is 0.233 e. The van der Waals surface area contributed by atoms with Gasteiger partial charge in [-0.2, -0.15) is 0 Å². The van der Waals surface area contributed by atoms with Crippen LogP contribution in [0.15, 0.2) is 36.4 Å². The lowest BCUT2D eigenvalue weighted by Crippen LogP contribution is -2.30. The molecule has 0 bridgehead atoms. The summed E-state index contributed by atoms with van der Waals surface area (Å²) in [7, 11) is 1.66. The molecule has 116 valence electrons. The van der Waals surface area contributed by atoms with Crippen LogP contribution in [0, 0.1) is 0 Å². The Balaban J connectivity index is 1.61. The van der Waals surface area contributed by atoms with Crippen LogP contribution in [0.4, 0.5) is 5.82 Å². The number of rotatable bonds is 5. The molecule has 1 aromatic carbocycles. The normalized spacial score (nSPS) is 14.7. The Labute approximate surface area is 130 Å². The minimum absolute atomic E-state index is 0.418. The molecule has 0 spiro atoms. The molecule has 1 aliphatic heterocycles. The van der Waals surface area contributed by atoms with Crippen molar-refractivity contribution in [1.82, 2.24) is 10.2 Å². The standard InChI is InChI=1S/C17H21N3O2/c1-21-15-8-4-3-7-14(15)13-22-17-10-9-16(18-19-17)20-11-5-2-6-12-20/h3-4,7-10H,2,5-6,11-13H2,1H3. The van der Waals surface area contributed by atoms with Crippen molar-refractivity contribution in [2.45, 2.75) is 25.9 Å². The first-order valence-electron chi connectivity index (χ1n) is 7.70. The number of para-hydroxylation sites is 1. The van der Waals surface area contributed by atoms with E-state index in [1.807, 2.05) is 36.4 Å². The lowest BCUT2D eigenvalue weighted by atomic mass is 10.1. The Morgan fingerprint density at radius 3 is 2.55 bits per heavy atom. The van der Waals surface area contributed by atoms with Gasteiger partial charge >= 0.3 is 0 Å². The summed E-state index contributed by atoms with van der Waals surface area (Å²) < 4.78 is 11.0. The van der Waals surface area contributed by atoms with Gasteiger partial charge in [0, 0.05) is 24.7 Å². The number of nitrogens with zero attached hydrogens (tertiary/aromatic N) is 3. The van der Waals surface area contributed by atoms with Crippen LogP contribution in [-0.2, 0) is 6.61 Å². The van der Waals surface area contributed by atoms with Crippen LogP contribution in [0.3, 0.4) is 0 Å².